The van der Waals surface area contributed by atoms with Gasteiger partial charge in [-0.05, 0) is 82.6 Å². The molecule has 2 atom stereocenters. The highest BCUT2D eigenvalue weighted by atomic mass is 16.8. The van der Waals surface area contributed by atoms with Crippen molar-refractivity contribution in [1.29, 1.82) is 0 Å². The van der Waals surface area contributed by atoms with Crippen LogP contribution in [-0.4, -0.2) is 42.1 Å². The lowest BCUT2D eigenvalue weighted by Crippen LogP contribution is -2.47. The van der Waals surface area contributed by atoms with Crippen molar-refractivity contribution in [3.63, 3.8) is 0 Å². The minimum atomic E-state index is -0.556. The van der Waals surface area contributed by atoms with Crippen molar-refractivity contribution in [2.24, 2.45) is 0 Å². The van der Waals surface area contributed by atoms with Gasteiger partial charge in [0.25, 0.3) is 0 Å². The number of allylic oxidation sites excluding steroid dienone is 8. The van der Waals surface area contributed by atoms with E-state index < -0.39 is 5.79 Å². The number of rotatable bonds is 30. The summed E-state index contributed by atoms with van der Waals surface area (Å²) in [5, 5.41) is 0. The molecule has 2 aliphatic rings. The average molecular weight is 746 g/mol. The molecule has 0 radical (unpaired) electrons. The Hall–Kier alpha value is -2.63. The van der Waals surface area contributed by atoms with E-state index in [9.17, 15) is 4.79 Å². The zero-order chi connectivity index (χ0) is 38.2. The van der Waals surface area contributed by atoms with Gasteiger partial charge in [-0.1, -0.05) is 170 Å². The summed E-state index contributed by atoms with van der Waals surface area (Å²) in [6, 6.07) is 9.89. The van der Waals surface area contributed by atoms with Gasteiger partial charge in [0.2, 0.25) is 0 Å². The lowest BCUT2D eigenvalue weighted by atomic mass is 9.99. The van der Waals surface area contributed by atoms with E-state index >= 15 is 0 Å². The summed E-state index contributed by atoms with van der Waals surface area (Å²) in [7, 11) is 0. The molecule has 2 aliphatic heterocycles. The van der Waals surface area contributed by atoms with E-state index in [1.165, 1.54) is 128 Å². The first-order valence-electron chi connectivity index (χ1n) is 22.6. The van der Waals surface area contributed by atoms with Gasteiger partial charge in [0.1, 0.15) is 6.61 Å². The Morgan fingerprint density at radius 3 is 1.50 bits per heavy atom. The van der Waals surface area contributed by atoms with Crippen LogP contribution in [0, 0.1) is 0 Å². The molecule has 304 valence electrons. The third-order valence-corrected chi connectivity index (χ3v) is 11.0. The second kappa shape index (κ2) is 30.6. The molecular formula is C49H79NO4. The van der Waals surface area contributed by atoms with Crippen LogP contribution in [0.1, 0.15) is 186 Å². The van der Waals surface area contributed by atoms with Crippen LogP contribution in [0.2, 0.25) is 0 Å². The van der Waals surface area contributed by atoms with E-state index in [2.05, 4.69) is 62.5 Å². The second-order valence-electron chi connectivity index (χ2n) is 15.8. The highest BCUT2D eigenvalue weighted by Gasteiger charge is 2.49. The molecule has 0 N–H and O–H groups in total. The van der Waals surface area contributed by atoms with Crippen molar-refractivity contribution in [2.45, 2.75) is 205 Å². The molecule has 5 nitrogen and oxygen atoms in total. The van der Waals surface area contributed by atoms with Gasteiger partial charge >= 0.3 is 6.09 Å². The van der Waals surface area contributed by atoms with Crippen LogP contribution in [0.4, 0.5) is 4.79 Å². The Morgan fingerprint density at radius 1 is 0.611 bits per heavy atom. The maximum Gasteiger partial charge on any atom is 0.410 e. The number of ether oxygens (including phenoxy) is 3. The van der Waals surface area contributed by atoms with E-state index in [1.807, 2.05) is 35.2 Å². The van der Waals surface area contributed by atoms with Crippen molar-refractivity contribution in [3.05, 3.63) is 84.5 Å². The van der Waals surface area contributed by atoms with Crippen LogP contribution >= 0.6 is 0 Å². The molecule has 1 amide bonds. The SMILES string of the molecule is CCCCCC=CCC=CCCCCCCCC1OC2(CCN(C(=O)OCc3ccccc3)CC2)OC1CCCCCCCC=CCC=CCCCCC. The van der Waals surface area contributed by atoms with E-state index in [-0.39, 0.29) is 18.3 Å². The summed E-state index contributed by atoms with van der Waals surface area (Å²) in [6.07, 6.45) is 49.9. The first kappa shape index (κ1) is 45.8. The molecule has 0 saturated carbocycles. The molecule has 3 rings (SSSR count). The van der Waals surface area contributed by atoms with Crippen LogP contribution in [0.3, 0.4) is 0 Å². The standard InChI is InChI=1S/C49H79NO4/c1-3-5-7-9-11-13-15-17-19-21-23-25-27-29-34-38-46-47(39-35-30-28-26-24-22-20-18-16-14-12-10-8-6-4-2)54-49(53-46)40-42-50(43-41-49)48(51)52-44-45-36-32-31-33-37-45/h11-14,17-20,31-33,36-37,46-47H,3-10,15-16,21-30,34-35,38-44H2,1-2H3. The number of likely N-dealkylation sites (tertiary alicyclic amines) is 1. The number of unbranched alkanes of at least 4 members (excludes halogenated alkanes) is 16. The Morgan fingerprint density at radius 2 is 1.04 bits per heavy atom. The van der Waals surface area contributed by atoms with E-state index in [0.717, 1.165) is 31.2 Å². The van der Waals surface area contributed by atoms with Gasteiger partial charge < -0.3 is 19.1 Å². The molecule has 2 heterocycles. The van der Waals surface area contributed by atoms with Crippen LogP contribution in [0.25, 0.3) is 0 Å². The maximum absolute atomic E-state index is 12.8. The van der Waals surface area contributed by atoms with Gasteiger partial charge in [-0.25, -0.2) is 4.79 Å². The minimum Gasteiger partial charge on any atom is -0.445 e. The van der Waals surface area contributed by atoms with Gasteiger partial charge in [-0.3, -0.25) is 0 Å². The third-order valence-electron chi connectivity index (χ3n) is 11.0. The van der Waals surface area contributed by atoms with Crippen molar-refractivity contribution in [3.8, 4) is 0 Å². The Kier molecular flexibility index (Phi) is 25.9. The first-order valence-corrected chi connectivity index (χ1v) is 22.6. The first-order chi connectivity index (χ1) is 26.7. The summed E-state index contributed by atoms with van der Waals surface area (Å²) in [6.45, 7) is 6.05. The molecule has 0 aliphatic carbocycles. The van der Waals surface area contributed by atoms with Crippen LogP contribution in [0.15, 0.2) is 78.9 Å². The fourth-order valence-corrected chi connectivity index (χ4v) is 7.61. The number of hydrogen-bond donors (Lipinski definition) is 0. The summed E-state index contributed by atoms with van der Waals surface area (Å²) in [4.78, 5) is 14.7. The second-order valence-corrected chi connectivity index (χ2v) is 15.8. The fraction of sp³-hybridized carbons (Fsp3) is 0.694. The molecule has 0 aromatic heterocycles. The van der Waals surface area contributed by atoms with Gasteiger partial charge in [-0.2, -0.15) is 0 Å². The van der Waals surface area contributed by atoms with E-state index in [1.54, 1.807) is 0 Å². The quantitative estimate of drug-likeness (QED) is 0.0581. The average Bonchev–Trinajstić information content (AvgIpc) is 3.53. The number of nitrogens with zero attached hydrogens (tertiary/aromatic N) is 1. The zero-order valence-corrected chi connectivity index (χ0v) is 34.7. The van der Waals surface area contributed by atoms with Gasteiger partial charge in [0, 0.05) is 25.9 Å². The van der Waals surface area contributed by atoms with Crippen LogP contribution < -0.4 is 0 Å². The van der Waals surface area contributed by atoms with Crippen LogP contribution in [0.5, 0.6) is 0 Å². The third kappa shape index (κ3) is 20.9. The maximum atomic E-state index is 12.8. The summed E-state index contributed by atoms with van der Waals surface area (Å²) in [5.74, 6) is -0.556. The topological polar surface area (TPSA) is 48.0 Å². The Labute approximate surface area is 332 Å². The van der Waals surface area contributed by atoms with E-state index in [4.69, 9.17) is 14.2 Å². The molecular weight excluding hydrogens is 667 g/mol. The predicted molar refractivity (Wildman–Crippen MR) is 229 cm³/mol. The zero-order valence-electron chi connectivity index (χ0n) is 34.7. The van der Waals surface area contributed by atoms with Crippen LogP contribution in [-0.2, 0) is 20.8 Å². The highest BCUT2D eigenvalue weighted by Crippen LogP contribution is 2.41. The van der Waals surface area contributed by atoms with Gasteiger partial charge in [-0.15, -0.1) is 0 Å². The van der Waals surface area contributed by atoms with Crippen molar-refractivity contribution >= 4 is 6.09 Å². The number of amides is 1. The molecule has 2 fully saturated rings. The molecule has 1 aromatic carbocycles. The molecule has 1 aromatic rings. The normalized spacial score (nSPS) is 18.7. The molecule has 2 saturated heterocycles. The smallest absolute Gasteiger partial charge is 0.410 e. The number of piperidine rings is 1. The summed E-state index contributed by atoms with van der Waals surface area (Å²) < 4.78 is 19.3. The van der Waals surface area contributed by atoms with E-state index in [0.29, 0.717) is 32.5 Å². The Balaban J connectivity index is 1.33. The summed E-state index contributed by atoms with van der Waals surface area (Å²) >= 11 is 0. The van der Waals surface area contributed by atoms with Crippen molar-refractivity contribution in [2.75, 3.05) is 13.1 Å². The summed E-state index contributed by atoms with van der Waals surface area (Å²) in [5.41, 5.74) is 1.01. The molecule has 5 heteroatoms. The fourth-order valence-electron chi connectivity index (χ4n) is 7.61. The van der Waals surface area contributed by atoms with Gasteiger partial charge in [0.05, 0.1) is 12.2 Å². The van der Waals surface area contributed by atoms with Crippen molar-refractivity contribution in [1.82, 2.24) is 4.90 Å². The highest BCUT2D eigenvalue weighted by molar-refractivity contribution is 5.67. The molecule has 2 unspecified atom stereocenters. The van der Waals surface area contributed by atoms with Gasteiger partial charge in [0.15, 0.2) is 5.79 Å². The Bertz CT molecular complexity index is 1110. The lowest BCUT2D eigenvalue weighted by Gasteiger charge is -2.37. The minimum absolute atomic E-state index is 0.158. The molecule has 1 spiro atoms. The number of carbonyl (C=O) groups excluding carboxylic acids is 1. The molecule has 54 heavy (non-hydrogen) atoms. The monoisotopic (exact) mass is 746 g/mol. The number of carbonyl (C=O) groups is 1. The predicted octanol–water partition coefficient (Wildman–Crippen LogP) is 14.5. The van der Waals surface area contributed by atoms with Crippen molar-refractivity contribution < 1.29 is 19.0 Å². The molecule has 0 bridgehead atoms. The number of benzene rings is 1. The largest absolute Gasteiger partial charge is 0.445 e. The lowest BCUT2D eigenvalue weighted by molar-refractivity contribution is -0.200. The number of hydrogen-bond acceptors (Lipinski definition) is 4.